The lowest BCUT2D eigenvalue weighted by Crippen LogP contribution is -2.55. The summed E-state index contributed by atoms with van der Waals surface area (Å²) in [6, 6.07) is -0.107. The third kappa shape index (κ3) is 4.23. The lowest BCUT2D eigenvalue weighted by molar-refractivity contribution is -0.125. The van der Waals surface area contributed by atoms with E-state index in [0.29, 0.717) is 6.54 Å². The van der Waals surface area contributed by atoms with Crippen LogP contribution in [0.1, 0.15) is 27.7 Å². The molecule has 3 N–H and O–H groups in total. The van der Waals surface area contributed by atoms with Crippen LogP contribution in [0.3, 0.4) is 0 Å². The van der Waals surface area contributed by atoms with Gasteiger partial charge in [0.05, 0.1) is 13.2 Å². The molecular formula is C13H27N3O2. The Morgan fingerprint density at radius 2 is 2.17 bits per heavy atom. The molecule has 1 aliphatic heterocycles. The number of nitrogens with two attached hydrogens (primary N) is 1. The summed E-state index contributed by atoms with van der Waals surface area (Å²) in [4.78, 5) is 14.1. The van der Waals surface area contributed by atoms with Gasteiger partial charge in [-0.15, -0.1) is 0 Å². The van der Waals surface area contributed by atoms with Crippen molar-refractivity contribution in [2.75, 3.05) is 32.8 Å². The van der Waals surface area contributed by atoms with E-state index in [1.807, 2.05) is 13.8 Å². The minimum absolute atomic E-state index is 0.0380. The molecule has 1 aliphatic rings. The fraction of sp³-hybridized carbons (Fsp3) is 0.923. The SMILES string of the molecule is CC(N)C(C)C(=O)NCCN1CCOCC1(C)C. The number of morpholine rings is 1. The van der Waals surface area contributed by atoms with Crippen LogP contribution in [0.4, 0.5) is 0 Å². The summed E-state index contributed by atoms with van der Waals surface area (Å²) in [7, 11) is 0. The Morgan fingerprint density at radius 1 is 1.50 bits per heavy atom. The van der Waals surface area contributed by atoms with Gasteiger partial charge in [0.25, 0.3) is 0 Å². The van der Waals surface area contributed by atoms with E-state index in [2.05, 4.69) is 24.1 Å². The smallest absolute Gasteiger partial charge is 0.224 e. The van der Waals surface area contributed by atoms with Gasteiger partial charge < -0.3 is 15.8 Å². The summed E-state index contributed by atoms with van der Waals surface area (Å²) in [6.45, 7) is 12.0. The van der Waals surface area contributed by atoms with Crippen molar-refractivity contribution in [3.8, 4) is 0 Å². The second kappa shape index (κ2) is 6.50. The molecule has 1 heterocycles. The predicted molar refractivity (Wildman–Crippen MR) is 72.3 cm³/mol. The first-order valence-electron chi connectivity index (χ1n) is 6.70. The summed E-state index contributed by atoms with van der Waals surface area (Å²) in [5.41, 5.74) is 5.76. The maximum absolute atomic E-state index is 11.8. The van der Waals surface area contributed by atoms with Crippen molar-refractivity contribution in [2.45, 2.75) is 39.3 Å². The first-order valence-corrected chi connectivity index (χ1v) is 6.70. The van der Waals surface area contributed by atoms with Gasteiger partial charge in [-0.25, -0.2) is 0 Å². The molecule has 0 spiro atoms. The second-order valence-electron chi connectivity index (χ2n) is 5.79. The maximum Gasteiger partial charge on any atom is 0.224 e. The van der Waals surface area contributed by atoms with Gasteiger partial charge in [-0.1, -0.05) is 6.92 Å². The summed E-state index contributed by atoms with van der Waals surface area (Å²) in [5, 5.41) is 2.95. The topological polar surface area (TPSA) is 67.6 Å². The molecule has 2 atom stereocenters. The van der Waals surface area contributed by atoms with Gasteiger partial charge in [0.2, 0.25) is 5.91 Å². The van der Waals surface area contributed by atoms with E-state index in [-0.39, 0.29) is 23.4 Å². The largest absolute Gasteiger partial charge is 0.378 e. The summed E-state index contributed by atoms with van der Waals surface area (Å²) in [6.07, 6.45) is 0. The zero-order valence-electron chi connectivity index (χ0n) is 12.0. The quantitative estimate of drug-likeness (QED) is 0.738. The molecule has 0 aromatic carbocycles. The molecule has 5 nitrogen and oxygen atoms in total. The van der Waals surface area contributed by atoms with Gasteiger partial charge >= 0.3 is 0 Å². The maximum atomic E-state index is 11.8. The Kier molecular flexibility index (Phi) is 5.56. The molecule has 1 saturated heterocycles. The Morgan fingerprint density at radius 3 is 2.72 bits per heavy atom. The fourth-order valence-corrected chi connectivity index (χ4v) is 2.02. The van der Waals surface area contributed by atoms with Crippen LogP contribution in [-0.2, 0) is 9.53 Å². The molecule has 5 heteroatoms. The first-order chi connectivity index (χ1) is 8.34. The molecule has 1 amide bonds. The van der Waals surface area contributed by atoms with Crippen LogP contribution in [0.2, 0.25) is 0 Å². The van der Waals surface area contributed by atoms with Gasteiger partial charge in [0.15, 0.2) is 0 Å². The van der Waals surface area contributed by atoms with Crippen molar-refractivity contribution >= 4 is 5.91 Å². The van der Waals surface area contributed by atoms with Crippen LogP contribution in [0, 0.1) is 5.92 Å². The predicted octanol–water partition coefficient (Wildman–Crippen LogP) is 0.197. The second-order valence-corrected chi connectivity index (χ2v) is 5.79. The average molecular weight is 257 g/mol. The van der Waals surface area contributed by atoms with Gasteiger partial charge in [-0.2, -0.15) is 0 Å². The van der Waals surface area contributed by atoms with Crippen molar-refractivity contribution < 1.29 is 9.53 Å². The lowest BCUT2D eigenvalue weighted by Gasteiger charge is -2.42. The number of rotatable bonds is 5. The summed E-state index contributed by atoms with van der Waals surface area (Å²) in [5.74, 6) is -0.0984. The lowest BCUT2D eigenvalue weighted by atomic mass is 10.0. The summed E-state index contributed by atoms with van der Waals surface area (Å²) < 4.78 is 5.47. The number of hydrogen-bond acceptors (Lipinski definition) is 4. The number of nitrogens with zero attached hydrogens (tertiary/aromatic N) is 1. The highest BCUT2D eigenvalue weighted by Gasteiger charge is 2.30. The molecule has 2 unspecified atom stereocenters. The van der Waals surface area contributed by atoms with Crippen molar-refractivity contribution in [3.05, 3.63) is 0 Å². The van der Waals surface area contributed by atoms with Crippen molar-refractivity contribution in [3.63, 3.8) is 0 Å². The minimum Gasteiger partial charge on any atom is -0.378 e. The van der Waals surface area contributed by atoms with E-state index >= 15 is 0 Å². The highest BCUT2D eigenvalue weighted by molar-refractivity contribution is 5.78. The third-order valence-corrected chi connectivity index (χ3v) is 3.70. The standard InChI is InChI=1S/C13H27N3O2/c1-10(11(2)14)12(17)15-5-6-16-7-8-18-9-13(16,3)4/h10-11H,5-9,14H2,1-4H3,(H,15,17). The zero-order valence-corrected chi connectivity index (χ0v) is 12.0. The monoisotopic (exact) mass is 257 g/mol. The van der Waals surface area contributed by atoms with E-state index in [4.69, 9.17) is 10.5 Å². The molecule has 0 saturated carbocycles. The molecule has 0 bridgehead atoms. The zero-order chi connectivity index (χ0) is 13.8. The van der Waals surface area contributed by atoms with Crippen molar-refractivity contribution in [2.24, 2.45) is 11.7 Å². The van der Waals surface area contributed by atoms with Gasteiger partial charge in [0, 0.05) is 37.1 Å². The Hall–Kier alpha value is -0.650. The molecule has 0 aromatic rings. The molecule has 106 valence electrons. The molecule has 1 fully saturated rings. The van der Waals surface area contributed by atoms with Crippen LogP contribution in [-0.4, -0.2) is 55.2 Å². The van der Waals surface area contributed by atoms with Crippen LogP contribution < -0.4 is 11.1 Å². The number of amides is 1. The Labute approximate surface area is 110 Å². The van der Waals surface area contributed by atoms with Crippen LogP contribution >= 0.6 is 0 Å². The Bertz CT molecular complexity index is 279. The highest BCUT2D eigenvalue weighted by atomic mass is 16.5. The van der Waals surface area contributed by atoms with E-state index in [1.165, 1.54) is 0 Å². The number of carbonyl (C=O) groups is 1. The fourth-order valence-electron chi connectivity index (χ4n) is 2.02. The Balaban J connectivity index is 2.31. The van der Waals surface area contributed by atoms with E-state index in [0.717, 1.165) is 26.3 Å². The van der Waals surface area contributed by atoms with Crippen molar-refractivity contribution in [1.29, 1.82) is 0 Å². The van der Waals surface area contributed by atoms with Gasteiger partial charge in [0.1, 0.15) is 0 Å². The van der Waals surface area contributed by atoms with Crippen LogP contribution in [0.25, 0.3) is 0 Å². The van der Waals surface area contributed by atoms with Crippen LogP contribution in [0.5, 0.6) is 0 Å². The van der Waals surface area contributed by atoms with E-state index in [1.54, 1.807) is 0 Å². The molecule has 0 aromatic heterocycles. The molecule has 1 rings (SSSR count). The number of ether oxygens (including phenoxy) is 1. The third-order valence-electron chi connectivity index (χ3n) is 3.70. The van der Waals surface area contributed by atoms with Gasteiger partial charge in [-0.3, -0.25) is 9.69 Å². The van der Waals surface area contributed by atoms with Crippen molar-refractivity contribution in [1.82, 2.24) is 10.2 Å². The number of hydrogen-bond donors (Lipinski definition) is 2. The number of carbonyl (C=O) groups excluding carboxylic acids is 1. The van der Waals surface area contributed by atoms with Gasteiger partial charge in [-0.05, 0) is 20.8 Å². The minimum atomic E-state index is -0.136. The molecular weight excluding hydrogens is 230 g/mol. The first kappa shape index (κ1) is 15.4. The number of nitrogens with one attached hydrogen (secondary N) is 1. The average Bonchev–Trinajstić information content (AvgIpc) is 2.29. The highest BCUT2D eigenvalue weighted by Crippen LogP contribution is 2.17. The van der Waals surface area contributed by atoms with E-state index < -0.39 is 0 Å². The molecule has 18 heavy (non-hydrogen) atoms. The normalized spacial score (nSPS) is 23.4. The van der Waals surface area contributed by atoms with E-state index in [9.17, 15) is 4.79 Å². The molecule has 0 aliphatic carbocycles. The molecule has 0 radical (unpaired) electrons. The summed E-state index contributed by atoms with van der Waals surface area (Å²) >= 11 is 0. The van der Waals surface area contributed by atoms with Crippen LogP contribution in [0.15, 0.2) is 0 Å².